The van der Waals surface area contributed by atoms with Crippen molar-refractivity contribution >= 4 is 0 Å². The van der Waals surface area contributed by atoms with Crippen LogP contribution in [0, 0.1) is 17.3 Å². The van der Waals surface area contributed by atoms with Crippen molar-refractivity contribution in [3.8, 4) is 0 Å². The summed E-state index contributed by atoms with van der Waals surface area (Å²) >= 11 is 0. The predicted octanol–water partition coefficient (Wildman–Crippen LogP) is 7.16. The van der Waals surface area contributed by atoms with Crippen LogP contribution in [0.4, 0.5) is 0 Å². The summed E-state index contributed by atoms with van der Waals surface area (Å²) in [5.41, 5.74) is 0.526. The topological polar surface area (TPSA) is 3.24 Å². The molecule has 0 rings (SSSR count). The Labute approximate surface area is 148 Å². The molecule has 0 bridgehead atoms. The Hall–Kier alpha value is -0.0400. The highest BCUT2D eigenvalue weighted by Gasteiger charge is 2.09. The lowest BCUT2D eigenvalue weighted by molar-refractivity contribution is 0.215. The van der Waals surface area contributed by atoms with Gasteiger partial charge in [0.15, 0.2) is 0 Å². The molecule has 1 heteroatoms. The number of hydrogen-bond acceptors (Lipinski definition) is 1. The molecule has 0 aliphatic carbocycles. The van der Waals surface area contributed by atoms with E-state index in [0.29, 0.717) is 5.41 Å². The van der Waals surface area contributed by atoms with Crippen molar-refractivity contribution in [2.75, 3.05) is 19.6 Å². The van der Waals surface area contributed by atoms with Crippen molar-refractivity contribution in [2.45, 2.75) is 106 Å². The highest BCUT2D eigenvalue weighted by molar-refractivity contribution is 4.63. The first-order valence-electron chi connectivity index (χ1n) is 10.4. The van der Waals surface area contributed by atoms with E-state index in [9.17, 15) is 0 Å². The summed E-state index contributed by atoms with van der Waals surface area (Å²) < 4.78 is 0. The van der Waals surface area contributed by atoms with E-state index in [0.717, 1.165) is 11.8 Å². The minimum atomic E-state index is 0.526. The van der Waals surface area contributed by atoms with Crippen LogP contribution in [-0.4, -0.2) is 24.5 Å². The molecule has 0 aliphatic rings. The molecule has 0 aromatic carbocycles. The fraction of sp³-hybridized carbons (Fsp3) is 1.00. The Morgan fingerprint density at radius 2 is 1.00 bits per heavy atom. The van der Waals surface area contributed by atoms with Gasteiger partial charge in [-0.1, -0.05) is 93.4 Å². The molecule has 0 heterocycles. The molecule has 0 aliphatic heterocycles. The van der Waals surface area contributed by atoms with Crippen molar-refractivity contribution in [3.05, 3.63) is 0 Å². The normalized spacial score (nSPS) is 12.8. The lowest BCUT2D eigenvalue weighted by Gasteiger charge is -2.26. The summed E-state index contributed by atoms with van der Waals surface area (Å²) in [6.07, 6.45) is 12.8. The second-order valence-corrected chi connectivity index (χ2v) is 9.69. The van der Waals surface area contributed by atoms with Gasteiger partial charge in [-0.15, -0.1) is 0 Å². The smallest absolute Gasteiger partial charge is 0.000449 e. The molecule has 0 atom stereocenters. The van der Waals surface area contributed by atoms with E-state index in [1.54, 1.807) is 0 Å². The van der Waals surface area contributed by atoms with Gasteiger partial charge in [-0.3, -0.25) is 0 Å². The average Bonchev–Trinajstić information content (AvgIpc) is 2.38. The fourth-order valence-electron chi connectivity index (χ4n) is 3.34. The molecule has 140 valence electrons. The van der Waals surface area contributed by atoms with Crippen molar-refractivity contribution < 1.29 is 0 Å². The van der Waals surface area contributed by atoms with Gasteiger partial charge in [-0.05, 0) is 36.6 Å². The maximum atomic E-state index is 2.68. The van der Waals surface area contributed by atoms with Crippen LogP contribution in [0.3, 0.4) is 0 Å². The third-order valence-electron chi connectivity index (χ3n) is 4.40. The summed E-state index contributed by atoms with van der Waals surface area (Å²) in [6.45, 7) is 20.3. The van der Waals surface area contributed by atoms with Crippen molar-refractivity contribution in [2.24, 2.45) is 17.3 Å². The first kappa shape index (κ1) is 23.0. The Bertz CT molecular complexity index is 239. The minimum Gasteiger partial charge on any atom is -0.303 e. The average molecular weight is 326 g/mol. The zero-order valence-corrected chi connectivity index (χ0v) is 17.6. The van der Waals surface area contributed by atoms with E-state index in [1.165, 1.54) is 77.4 Å². The van der Waals surface area contributed by atoms with Gasteiger partial charge in [0.1, 0.15) is 0 Å². The molecule has 0 unspecified atom stereocenters. The van der Waals surface area contributed by atoms with Crippen LogP contribution in [0.1, 0.15) is 106 Å². The van der Waals surface area contributed by atoms with E-state index in [-0.39, 0.29) is 0 Å². The Balaban J connectivity index is 3.48. The highest BCUT2D eigenvalue weighted by atomic mass is 15.1. The molecule has 1 nitrogen and oxygen atoms in total. The first-order valence-corrected chi connectivity index (χ1v) is 10.4. The van der Waals surface area contributed by atoms with Crippen LogP contribution < -0.4 is 0 Å². The van der Waals surface area contributed by atoms with Gasteiger partial charge in [0, 0.05) is 13.1 Å². The third-order valence-corrected chi connectivity index (χ3v) is 4.40. The number of nitrogens with zero attached hydrogens (tertiary/aromatic N) is 1. The van der Waals surface area contributed by atoms with E-state index in [1.807, 2.05) is 0 Å². The zero-order valence-electron chi connectivity index (χ0n) is 17.6. The molecule has 0 aromatic heterocycles. The van der Waals surface area contributed by atoms with Gasteiger partial charge < -0.3 is 4.90 Å². The van der Waals surface area contributed by atoms with Gasteiger partial charge in [0.05, 0.1) is 0 Å². The van der Waals surface area contributed by atoms with E-state index < -0.39 is 0 Å². The molecule has 0 aromatic rings. The molecule has 0 radical (unpaired) electrons. The summed E-state index contributed by atoms with van der Waals surface area (Å²) in [5, 5.41) is 0. The quantitative estimate of drug-likeness (QED) is 0.306. The monoisotopic (exact) mass is 325 g/mol. The molecule has 0 fully saturated rings. The number of hydrogen-bond donors (Lipinski definition) is 0. The largest absolute Gasteiger partial charge is 0.303 e. The Kier molecular flexibility index (Phi) is 13.3. The van der Waals surface area contributed by atoms with Crippen molar-refractivity contribution in [1.82, 2.24) is 4.90 Å². The SMILES string of the molecule is CC(C)CN(CCCCCCCCCCC(C)(C)C)CC(C)C. The lowest BCUT2D eigenvalue weighted by Crippen LogP contribution is -2.32. The minimum absolute atomic E-state index is 0.526. The fourth-order valence-corrected chi connectivity index (χ4v) is 3.34. The maximum Gasteiger partial charge on any atom is 0.000449 e. The van der Waals surface area contributed by atoms with Crippen molar-refractivity contribution in [1.29, 1.82) is 0 Å². The van der Waals surface area contributed by atoms with Gasteiger partial charge in [-0.25, -0.2) is 0 Å². The predicted molar refractivity (Wildman–Crippen MR) is 107 cm³/mol. The van der Waals surface area contributed by atoms with Gasteiger partial charge in [-0.2, -0.15) is 0 Å². The molecular weight excluding hydrogens is 278 g/mol. The van der Waals surface area contributed by atoms with Crippen LogP contribution in [0.15, 0.2) is 0 Å². The Morgan fingerprint density at radius 1 is 0.609 bits per heavy atom. The molecule has 0 amide bonds. The third kappa shape index (κ3) is 18.1. The van der Waals surface area contributed by atoms with Crippen LogP contribution >= 0.6 is 0 Å². The van der Waals surface area contributed by atoms with Crippen molar-refractivity contribution in [3.63, 3.8) is 0 Å². The van der Waals surface area contributed by atoms with Crippen LogP contribution in [0.25, 0.3) is 0 Å². The molecule has 0 spiro atoms. The number of unbranched alkanes of at least 4 members (excludes halogenated alkanes) is 7. The second kappa shape index (κ2) is 13.3. The summed E-state index contributed by atoms with van der Waals surface area (Å²) in [5.74, 6) is 1.59. The van der Waals surface area contributed by atoms with Gasteiger partial charge in [0.2, 0.25) is 0 Å². The first-order chi connectivity index (χ1) is 10.7. The van der Waals surface area contributed by atoms with E-state index in [2.05, 4.69) is 53.4 Å². The summed E-state index contributed by atoms with van der Waals surface area (Å²) in [4.78, 5) is 2.68. The molecular formula is C22H47N. The standard InChI is InChI=1S/C22H47N/c1-20(2)18-23(19-21(3)4)17-15-13-11-9-8-10-12-14-16-22(5,6)7/h20-21H,8-19H2,1-7H3. The molecule has 23 heavy (non-hydrogen) atoms. The lowest BCUT2D eigenvalue weighted by atomic mass is 9.89. The van der Waals surface area contributed by atoms with E-state index >= 15 is 0 Å². The second-order valence-electron chi connectivity index (χ2n) is 9.69. The molecule has 0 saturated heterocycles. The zero-order chi connectivity index (χ0) is 17.7. The van der Waals surface area contributed by atoms with Gasteiger partial charge >= 0.3 is 0 Å². The summed E-state index contributed by atoms with van der Waals surface area (Å²) in [6, 6.07) is 0. The Morgan fingerprint density at radius 3 is 1.39 bits per heavy atom. The molecule has 0 N–H and O–H groups in total. The molecule has 0 saturated carbocycles. The summed E-state index contributed by atoms with van der Waals surface area (Å²) in [7, 11) is 0. The maximum absolute atomic E-state index is 2.68. The number of rotatable bonds is 14. The van der Waals surface area contributed by atoms with E-state index in [4.69, 9.17) is 0 Å². The van der Waals surface area contributed by atoms with Crippen LogP contribution in [0.5, 0.6) is 0 Å². The highest BCUT2D eigenvalue weighted by Crippen LogP contribution is 2.22. The van der Waals surface area contributed by atoms with Crippen LogP contribution in [-0.2, 0) is 0 Å². The van der Waals surface area contributed by atoms with Crippen LogP contribution in [0.2, 0.25) is 0 Å². The van der Waals surface area contributed by atoms with Gasteiger partial charge in [0.25, 0.3) is 0 Å².